The Morgan fingerprint density at radius 1 is 1.46 bits per heavy atom. The predicted octanol–water partition coefficient (Wildman–Crippen LogP) is 4.21. The van der Waals surface area contributed by atoms with Gasteiger partial charge in [-0.1, -0.05) is 23.7 Å². The second kappa shape index (κ2) is 8.53. The highest BCUT2D eigenvalue weighted by Gasteiger charge is 2.17. The van der Waals surface area contributed by atoms with Crippen molar-refractivity contribution in [3.63, 3.8) is 0 Å². The first-order valence-corrected chi connectivity index (χ1v) is 9.28. The quantitative estimate of drug-likeness (QED) is 0.613. The van der Waals surface area contributed by atoms with E-state index in [0.717, 1.165) is 40.4 Å². The van der Waals surface area contributed by atoms with Gasteiger partial charge < -0.3 is 14.7 Å². The van der Waals surface area contributed by atoms with Crippen molar-refractivity contribution in [1.82, 2.24) is 15.4 Å². The summed E-state index contributed by atoms with van der Waals surface area (Å²) in [6, 6.07) is 3.98. The van der Waals surface area contributed by atoms with Gasteiger partial charge in [0.15, 0.2) is 5.96 Å². The summed E-state index contributed by atoms with van der Waals surface area (Å²) in [5, 5.41) is 7.38. The lowest BCUT2D eigenvalue weighted by molar-refractivity contribution is 0.391. The zero-order valence-corrected chi connectivity index (χ0v) is 16.5. The Hall–Kier alpha value is -1.53. The van der Waals surface area contributed by atoms with Gasteiger partial charge in [-0.25, -0.2) is 0 Å². The fourth-order valence-electron chi connectivity index (χ4n) is 2.72. The van der Waals surface area contributed by atoms with Crippen LogP contribution in [0, 0.1) is 13.8 Å². The van der Waals surface area contributed by atoms with Crippen molar-refractivity contribution in [3.05, 3.63) is 38.4 Å². The van der Waals surface area contributed by atoms with Gasteiger partial charge in [0, 0.05) is 36.5 Å². The van der Waals surface area contributed by atoms with Crippen LogP contribution in [0.2, 0.25) is 4.34 Å². The minimum absolute atomic E-state index is 0.259. The molecular weight excluding hydrogens is 344 g/mol. The fraction of sp³-hybridized carbons (Fsp3) is 0.529. The third-order valence-electron chi connectivity index (χ3n) is 3.81. The molecule has 2 aromatic heterocycles. The van der Waals surface area contributed by atoms with Crippen LogP contribution >= 0.6 is 22.9 Å². The lowest BCUT2D eigenvalue weighted by Crippen LogP contribution is -2.38. The number of halogens is 1. The lowest BCUT2D eigenvalue weighted by Gasteiger charge is -2.22. The van der Waals surface area contributed by atoms with Crippen LogP contribution in [0.5, 0.6) is 0 Å². The molecule has 132 valence electrons. The molecule has 0 saturated carbocycles. The topological polar surface area (TPSA) is 53.7 Å². The highest BCUT2D eigenvalue weighted by atomic mass is 35.5. The molecule has 0 aliphatic rings. The van der Waals surface area contributed by atoms with Crippen molar-refractivity contribution < 1.29 is 4.52 Å². The van der Waals surface area contributed by atoms with Crippen LogP contribution in [0.3, 0.4) is 0 Å². The summed E-state index contributed by atoms with van der Waals surface area (Å²) in [6.07, 6.45) is 0. The Bertz CT molecular complexity index is 675. The van der Waals surface area contributed by atoms with Crippen LogP contribution in [0.4, 0.5) is 0 Å². The molecule has 2 rings (SSSR count). The van der Waals surface area contributed by atoms with Crippen LogP contribution in [0.15, 0.2) is 21.6 Å². The number of aromatic nitrogens is 1. The van der Waals surface area contributed by atoms with Gasteiger partial charge in [0.2, 0.25) is 0 Å². The average molecular weight is 369 g/mol. The van der Waals surface area contributed by atoms with Gasteiger partial charge in [0.25, 0.3) is 0 Å². The number of nitrogens with one attached hydrogen (secondary N) is 1. The number of hydrogen-bond acceptors (Lipinski definition) is 4. The molecule has 0 spiro atoms. The molecule has 1 atom stereocenters. The first kappa shape index (κ1) is 18.8. The molecule has 0 aliphatic heterocycles. The van der Waals surface area contributed by atoms with Gasteiger partial charge in [-0.3, -0.25) is 4.99 Å². The molecule has 0 aromatic carbocycles. The van der Waals surface area contributed by atoms with E-state index in [2.05, 4.69) is 35.3 Å². The van der Waals surface area contributed by atoms with Crippen molar-refractivity contribution in [2.45, 2.75) is 40.2 Å². The van der Waals surface area contributed by atoms with E-state index in [0.29, 0.717) is 6.54 Å². The third-order valence-corrected chi connectivity index (χ3v) is 5.03. The normalized spacial score (nSPS) is 13.2. The molecule has 0 aliphatic carbocycles. The van der Waals surface area contributed by atoms with E-state index in [9.17, 15) is 0 Å². The summed E-state index contributed by atoms with van der Waals surface area (Å²) >= 11 is 7.61. The molecule has 0 bridgehead atoms. The minimum Gasteiger partial charge on any atom is -0.361 e. The number of thiophene rings is 1. The van der Waals surface area contributed by atoms with Crippen LogP contribution < -0.4 is 5.32 Å². The number of hydrogen-bond donors (Lipinski definition) is 1. The summed E-state index contributed by atoms with van der Waals surface area (Å²) in [5.41, 5.74) is 2.10. The standard InChI is InChI=1S/C17H25ClN4OS/c1-6-19-17(22(5)10-14-7-8-15(18)24-14)20-9-11(2)16-12(3)21-23-13(16)4/h7-8,11H,6,9-10H2,1-5H3,(H,19,20). The van der Waals surface area contributed by atoms with Crippen molar-refractivity contribution in [1.29, 1.82) is 0 Å². The molecule has 0 saturated heterocycles. The van der Waals surface area contributed by atoms with Crippen molar-refractivity contribution in [3.8, 4) is 0 Å². The Labute approximate surface area is 152 Å². The van der Waals surface area contributed by atoms with Crippen LogP contribution in [0.25, 0.3) is 0 Å². The molecule has 24 heavy (non-hydrogen) atoms. The maximum atomic E-state index is 6.01. The van der Waals surface area contributed by atoms with E-state index in [1.165, 1.54) is 4.88 Å². The highest BCUT2D eigenvalue weighted by molar-refractivity contribution is 7.16. The van der Waals surface area contributed by atoms with Gasteiger partial charge in [-0.15, -0.1) is 11.3 Å². The lowest BCUT2D eigenvalue weighted by atomic mass is 10.00. The Morgan fingerprint density at radius 2 is 2.21 bits per heavy atom. The van der Waals surface area contributed by atoms with Crippen LogP contribution in [0.1, 0.15) is 41.7 Å². The first-order valence-electron chi connectivity index (χ1n) is 8.08. The van der Waals surface area contributed by atoms with Gasteiger partial charge in [-0.05, 0) is 32.9 Å². The monoisotopic (exact) mass is 368 g/mol. The number of rotatable bonds is 6. The Morgan fingerprint density at radius 3 is 2.75 bits per heavy atom. The Kier molecular flexibility index (Phi) is 6.69. The summed E-state index contributed by atoms with van der Waals surface area (Å²) in [4.78, 5) is 8.12. The van der Waals surface area contributed by atoms with Crippen LogP contribution in [-0.2, 0) is 6.54 Å². The summed E-state index contributed by atoms with van der Waals surface area (Å²) in [7, 11) is 2.04. The maximum Gasteiger partial charge on any atom is 0.194 e. The number of guanidine groups is 1. The average Bonchev–Trinajstić information content (AvgIpc) is 3.08. The van der Waals surface area contributed by atoms with Crippen molar-refractivity contribution in [2.75, 3.05) is 20.1 Å². The predicted molar refractivity (Wildman–Crippen MR) is 101 cm³/mol. The van der Waals surface area contributed by atoms with Gasteiger partial charge in [-0.2, -0.15) is 0 Å². The molecule has 1 unspecified atom stereocenters. The van der Waals surface area contributed by atoms with Crippen LogP contribution in [-0.4, -0.2) is 36.2 Å². The largest absolute Gasteiger partial charge is 0.361 e. The minimum atomic E-state index is 0.259. The molecule has 0 radical (unpaired) electrons. The van der Waals surface area contributed by atoms with E-state index < -0.39 is 0 Å². The Balaban J connectivity index is 2.06. The smallest absolute Gasteiger partial charge is 0.194 e. The van der Waals surface area contributed by atoms with E-state index in [1.807, 2.05) is 27.0 Å². The third kappa shape index (κ3) is 4.74. The first-order chi connectivity index (χ1) is 11.4. The highest BCUT2D eigenvalue weighted by Crippen LogP contribution is 2.24. The zero-order valence-electron chi connectivity index (χ0n) is 14.9. The van der Waals surface area contributed by atoms with Gasteiger partial charge >= 0.3 is 0 Å². The molecule has 0 amide bonds. The summed E-state index contributed by atoms with van der Waals surface area (Å²) < 4.78 is 6.08. The molecule has 5 nitrogen and oxygen atoms in total. The maximum absolute atomic E-state index is 6.01. The van der Waals surface area contributed by atoms with E-state index in [-0.39, 0.29) is 5.92 Å². The molecule has 2 heterocycles. The van der Waals surface area contributed by atoms with Gasteiger partial charge in [0.1, 0.15) is 5.76 Å². The summed E-state index contributed by atoms with van der Waals surface area (Å²) in [5.74, 6) is 2.02. The molecule has 0 fully saturated rings. The number of aliphatic imine (C=N–C) groups is 1. The van der Waals surface area contributed by atoms with Crippen molar-refractivity contribution >= 4 is 28.9 Å². The number of aryl methyl sites for hydroxylation is 2. The van der Waals surface area contributed by atoms with E-state index in [4.69, 9.17) is 21.1 Å². The zero-order chi connectivity index (χ0) is 17.7. The van der Waals surface area contributed by atoms with E-state index in [1.54, 1.807) is 11.3 Å². The SMILES string of the molecule is CCNC(=NCC(C)c1c(C)noc1C)N(C)Cc1ccc(Cl)s1. The molecule has 1 N–H and O–H groups in total. The summed E-state index contributed by atoms with van der Waals surface area (Å²) in [6.45, 7) is 10.4. The fourth-order valence-corrected chi connectivity index (χ4v) is 3.86. The molecular formula is C17H25ClN4OS. The molecule has 7 heteroatoms. The molecule has 2 aromatic rings. The van der Waals surface area contributed by atoms with E-state index >= 15 is 0 Å². The second-order valence-corrected chi connectivity index (χ2v) is 7.70. The van der Waals surface area contributed by atoms with Crippen molar-refractivity contribution in [2.24, 2.45) is 4.99 Å². The second-order valence-electron chi connectivity index (χ2n) is 5.90. The van der Waals surface area contributed by atoms with Gasteiger partial charge in [0.05, 0.1) is 16.6 Å². The number of nitrogens with zero attached hydrogens (tertiary/aromatic N) is 3.